The average Bonchev–Trinajstić information content (AvgIpc) is 2.36. The van der Waals surface area contributed by atoms with Crippen LogP contribution in [0, 0.1) is 0 Å². The fraction of sp³-hybridized carbons (Fsp3) is 0.714. The maximum atomic E-state index is 11.1. The van der Waals surface area contributed by atoms with Gasteiger partial charge in [-0.15, -0.1) is 11.6 Å². The lowest BCUT2D eigenvalue weighted by Crippen LogP contribution is -2.31. The van der Waals surface area contributed by atoms with E-state index in [-0.39, 0.29) is 18.2 Å². The SMILES string of the molecule is O=C(CCCl)N1CCCC1=O. The number of likely N-dealkylation sites (tertiary alicyclic amines) is 1. The number of rotatable bonds is 2. The molecule has 0 bridgehead atoms. The molecule has 1 aliphatic rings. The monoisotopic (exact) mass is 175 g/mol. The predicted molar refractivity (Wildman–Crippen MR) is 41.3 cm³/mol. The molecular weight excluding hydrogens is 166 g/mol. The Morgan fingerprint density at radius 1 is 1.64 bits per heavy atom. The van der Waals surface area contributed by atoms with Gasteiger partial charge in [-0.3, -0.25) is 14.5 Å². The van der Waals surface area contributed by atoms with Crippen LogP contribution in [-0.2, 0) is 9.59 Å². The van der Waals surface area contributed by atoms with Crippen LogP contribution in [0.25, 0.3) is 0 Å². The van der Waals surface area contributed by atoms with Gasteiger partial charge in [-0.2, -0.15) is 0 Å². The summed E-state index contributed by atoms with van der Waals surface area (Å²) < 4.78 is 0. The number of alkyl halides is 1. The van der Waals surface area contributed by atoms with E-state index in [2.05, 4.69) is 0 Å². The number of carbonyl (C=O) groups is 2. The zero-order valence-corrected chi connectivity index (χ0v) is 6.93. The molecule has 0 aromatic carbocycles. The molecule has 1 saturated heterocycles. The summed E-state index contributed by atoms with van der Waals surface area (Å²) in [5, 5.41) is 0. The molecule has 1 fully saturated rings. The number of hydrogen-bond acceptors (Lipinski definition) is 2. The van der Waals surface area contributed by atoms with Crippen molar-refractivity contribution in [3.63, 3.8) is 0 Å². The van der Waals surface area contributed by atoms with Crippen LogP contribution in [0.5, 0.6) is 0 Å². The van der Waals surface area contributed by atoms with Gasteiger partial charge in [0.2, 0.25) is 11.8 Å². The second kappa shape index (κ2) is 3.72. The summed E-state index contributed by atoms with van der Waals surface area (Å²) in [6, 6.07) is 0. The van der Waals surface area contributed by atoms with E-state index in [9.17, 15) is 9.59 Å². The molecule has 0 saturated carbocycles. The number of imide groups is 1. The Kier molecular flexibility index (Phi) is 2.88. The van der Waals surface area contributed by atoms with E-state index in [1.54, 1.807) is 0 Å². The molecule has 4 heteroatoms. The van der Waals surface area contributed by atoms with E-state index in [1.165, 1.54) is 4.90 Å². The van der Waals surface area contributed by atoms with Crippen molar-refractivity contribution < 1.29 is 9.59 Å². The van der Waals surface area contributed by atoms with Gasteiger partial charge in [0.1, 0.15) is 0 Å². The van der Waals surface area contributed by atoms with Gasteiger partial charge < -0.3 is 0 Å². The maximum absolute atomic E-state index is 11.1. The van der Waals surface area contributed by atoms with E-state index < -0.39 is 0 Å². The molecule has 1 aliphatic heterocycles. The summed E-state index contributed by atoms with van der Waals surface area (Å²) in [4.78, 5) is 23.3. The first kappa shape index (κ1) is 8.53. The van der Waals surface area contributed by atoms with Gasteiger partial charge in [-0.1, -0.05) is 0 Å². The Hall–Kier alpha value is -0.570. The summed E-state index contributed by atoms with van der Waals surface area (Å²) in [6.45, 7) is 0.578. The zero-order chi connectivity index (χ0) is 8.27. The van der Waals surface area contributed by atoms with Gasteiger partial charge in [0.15, 0.2) is 0 Å². The van der Waals surface area contributed by atoms with Crippen molar-refractivity contribution >= 4 is 23.4 Å². The highest BCUT2D eigenvalue weighted by Crippen LogP contribution is 2.10. The van der Waals surface area contributed by atoms with Gasteiger partial charge >= 0.3 is 0 Å². The fourth-order valence-corrected chi connectivity index (χ4v) is 1.29. The standard InChI is InChI=1S/C7H10ClNO2/c8-4-3-7(11)9-5-1-2-6(9)10/h1-5H2. The van der Waals surface area contributed by atoms with E-state index >= 15 is 0 Å². The van der Waals surface area contributed by atoms with Gasteiger partial charge in [0.05, 0.1) is 0 Å². The molecule has 0 radical (unpaired) electrons. The number of carbonyl (C=O) groups excluding carboxylic acids is 2. The molecule has 11 heavy (non-hydrogen) atoms. The second-order valence-corrected chi connectivity index (χ2v) is 2.86. The lowest BCUT2D eigenvalue weighted by molar-refractivity contribution is -0.141. The summed E-state index contributed by atoms with van der Waals surface area (Å²) in [5.41, 5.74) is 0. The van der Waals surface area contributed by atoms with Crippen molar-refractivity contribution in [1.29, 1.82) is 0 Å². The summed E-state index contributed by atoms with van der Waals surface area (Å²) in [7, 11) is 0. The summed E-state index contributed by atoms with van der Waals surface area (Å²) in [5.74, 6) is 0.102. The molecule has 3 nitrogen and oxygen atoms in total. The highest BCUT2D eigenvalue weighted by atomic mass is 35.5. The van der Waals surface area contributed by atoms with Crippen molar-refractivity contribution in [2.45, 2.75) is 19.3 Å². The Morgan fingerprint density at radius 2 is 2.36 bits per heavy atom. The van der Waals surface area contributed by atoms with Crippen LogP contribution in [-0.4, -0.2) is 29.1 Å². The first-order valence-electron chi connectivity index (χ1n) is 3.65. The minimum Gasteiger partial charge on any atom is -0.283 e. The normalized spacial score (nSPS) is 17.5. The summed E-state index contributed by atoms with van der Waals surface area (Å²) >= 11 is 5.36. The van der Waals surface area contributed by atoms with E-state index in [1.807, 2.05) is 0 Å². The summed E-state index contributed by atoms with van der Waals surface area (Å²) in [6.07, 6.45) is 1.58. The average molecular weight is 176 g/mol. The molecule has 0 aromatic heterocycles. The highest BCUT2D eigenvalue weighted by Gasteiger charge is 2.25. The molecule has 0 atom stereocenters. The smallest absolute Gasteiger partial charge is 0.230 e. The minimum absolute atomic E-state index is 0.0554. The van der Waals surface area contributed by atoms with Gasteiger partial charge in [-0.25, -0.2) is 0 Å². The van der Waals surface area contributed by atoms with Crippen molar-refractivity contribution in [2.75, 3.05) is 12.4 Å². The quantitative estimate of drug-likeness (QED) is 0.582. The lowest BCUT2D eigenvalue weighted by atomic mass is 10.4. The first-order valence-corrected chi connectivity index (χ1v) is 4.18. The molecular formula is C7H10ClNO2. The van der Waals surface area contributed by atoms with Crippen LogP contribution in [0.1, 0.15) is 19.3 Å². The Balaban J connectivity index is 2.46. The highest BCUT2D eigenvalue weighted by molar-refractivity contribution is 6.19. The molecule has 0 unspecified atom stereocenters. The van der Waals surface area contributed by atoms with E-state index in [4.69, 9.17) is 11.6 Å². The van der Waals surface area contributed by atoms with Crippen molar-refractivity contribution in [3.05, 3.63) is 0 Å². The van der Waals surface area contributed by atoms with Crippen LogP contribution < -0.4 is 0 Å². The minimum atomic E-state index is -0.137. The zero-order valence-electron chi connectivity index (χ0n) is 6.18. The first-order chi connectivity index (χ1) is 5.25. The largest absolute Gasteiger partial charge is 0.283 e. The fourth-order valence-electron chi connectivity index (χ4n) is 1.13. The number of nitrogens with zero attached hydrogens (tertiary/aromatic N) is 1. The molecule has 1 heterocycles. The van der Waals surface area contributed by atoms with E-state index in [0.29, 0.717) is 18.8 Å². The number of amides is 2. The Morgan fingerprint density at radius 3 is 2.82 bits per heavy atom. The molecule has 0 spiro atoms. The van der Waals surface area contributed by atoms with Crippen LogP contribution in [0.15, 0.2) is 0 Å². The maximum Gasteiger partial charge on any atom is 0.230 e. The topological polar surface area (TPSA) is 37.4 Å². The van der Waals surface area contributed by atoms with Crippen LogP contribution in [0.3, 0.4) is 0 Å². The van der Waals surface area contributed by atoms with Crippen molar-refractivity contribution in [3.8, 4) is 0 Å². The van der Waals surface area contributed by atoms with Crippen LogP contribution in [0.2, 0.25) is 0 Å². The second-order valence-electron chi connectivity index (χ2n) is 2.48. The van der Waals surface area contributed by atoms with Crippen LogP contribution in [0.4, 0.5) is 0 Å². The Bertz CT molecular complexity index is 181. The van der Waals surface area contributed by atoms with Gasteiger partial charge in [0, 0.05) is 25.3 Å². The predicted octanol–water partition coefficient (Wildman–Crippen LogP) is 0.764. The third-order valence-electron chi connectivity index (χ3n) is 1.68. The number of hydrogen-bond donors (Lipinski definition) is 0. The molecule has 0 aromatic rings. The van der Waals surface area contributed by atoms with Crippen LogP contribution >= 0.6 is 11.6 Å². The third kappa shape index (κ3) is 1.93. The lowest BCUT2D eigenvalue weighted by Gasteiger charge is -2.11. The number of halogens is 1. The molecule has 1 rings (SSSR count). The molecule has 2 amide bonds. The third-order valence-corrected chi connectivity index (χ3v) is 1.87. The Labute approximate surface area is 70.3 Å². The van der Waals surface area contributed by atoms with Gasteiger partial charge in [-0.05, 0) is 6.42 Å². The molecule has 0 N–H and O–H groups in total. The molecule has 62 valence electrons. The van der Waals surface area contributed by atoms with Gasteiger partial charge in [0.25, 0.3) is 0 Å². The van der Waals surface area contributed by atoms with Crippen molar-refractivity contribution in [1.82, 2.24) is 4.90 Å². The molecule has 0 aliphatic carbocycles. The van der Waals surface area contributed by atoms with E-state index in [0.717, 1.165) is 6.42 Å². The van der Waals surface area contributed by atoms with Crippen molar-refractivity contribution in [2.24, 2.45) is 0 Å².